The molecule has 6 heteroatoms. The van der Waals surface area contributed by atoms with Gasteiger partial charge in [0, 0.05) is 13.1 Å². The number of carboxylic acid groups (broad SMARTS) is 1. The van der Waals surface area contributed by atoms with Gasteiger partial charge in [-0.25, -0.2) is 9.59 Å². The number of nitrogens with one attached hydrogen (secondary N) is 1. The maximum absolute atomic E-state index is 12.2. The lowest BCUT2D eigenvalue weighted by Crippen LogP contribution is -2.50. The summed E-state index contributed by atoms with van der Waals surface area (Å²) in [5, 5.41) is 21.5. The first-order valence-corrected chi connectivity index (χ1v) is 7.00. The molecule has 0 bridgehead atoms. The fourth-order valence-electron chi connectivity index (χ4n) is 2.47. The van der Waals surface area contributed by atoms with E-state index in [2.05, 4.69) is 5.32 Å². The van der Waals surface area contributed by atoms with E-state index in [0.29, 0.717) is 25.1 Å². The summed E-state index contributed by atoms with van der Waals surface area (Å²) in [5.41, 5.74) is 0.531. The van der Waals surface area contributed by atoms with E-state index in [9.17, 15) is 19.8 Å². The van der Waals surface area contributed by atoms with Crippen LogP contribution >= 0.6 is 0 Å². The van der Waals surface area contributed by atoms with Crippen molar-refractivity contribution in [2.45, 2.75) is 25.5 Å². The molecule has 6 nitrogen and oxygen atoms in total. The zero-order valence-corrected chi connectivity index (χ0v) is 11.9. The van der Waals surface area contributed by atoms with Gasteiger partial charge in [0.15, 0.2) is 6.04 Å². The molecule has 3 N–H and O–H groups in total. The first-order valence-electron chi connectivity index (χ1n) is 7.00. The molecule has 114 valence electrons. The number of likely N-dealkylation sites (tertiary alicyclic amines) is 1. The van der Waals surface area contributed by atoms with Gasteiger partial charge in [0.2, 0.25) is 0 Å². The summed E-state index contributed by atoms with van der Waals surface area (Å²) in [6.45, 7) is 2.72. The molecule has 21 heavy (non-hydrogen) atoms. The third kappa shape index (κ3) is 3.72. The molecule has 1 fully saturated rings. The molecule has 2 rings (SSSR count). The molecule has 0 aromatic heterocycles. The second kappa shape index (κ2) is 6.58. The van der Waals surface area contributed by atoms with Crippen molar-refractivity contribution in [3.63, 3.8) is 0 Å². The van der Waals surface area contributed by atoms with Gasteiger partial charge in [-0.05, 0) is 17.9 Å². The molecule has 1 aromatic carbocycles. The molecule has 0 spiro atoms. The lowest BCUT2D eigenvalue weighted by Gasteiger charge is -2.35. The second-order valence-corrected chi connectivity index (χ2v) is 5.41. The van der Waals surface area contributed by atoms with E-state index < -0.39 is 24.1 Å². The number of carbonyl (C=O) groups is 2. The summed E-state index contributed by atoms with van der Waals surface area (Å²) in [6, 6.07) is 7.11. The van der Waals surface area contributed by atoms with Gasteiger partial charge in [-0.1, -0.05) is 37.3 Å². The predicted octanol–water partition coefficient (Wildman–Crippen LogP) is 1.22. The smallest absolute Gasteiger partial charge is 0.330 e. The number of hydrogen-bond acceptors (Lipinski definition) is 3. The third-order valence-electron chi connectivity index (χ3n) is 3.79. The molecule has 1 aliphatic rings. The highest BCUT2D eigenvalue weighted by atomic mass is 16.4. The van der Waals surface area contributed by atoms with Crippen molar-refractivity contribution in [1.29, 1.82) is 0 Å². The number of aliphatic carboxylic acids is 1. The van der Waals surface area contributed by atoms with Crippen molar-refractivity contribution in [3.8, 4) is 0 Å². The third-order valence-corrected chi connectivity index (χ3v) is 3.79. The maximum atomic E-state index is 12.2. The standard InChI is InChI=1S/C15H20N2O4/c1-10-9-17(8-7-12(10)18)15(21)16-13(14(19)20)11-5-3-2-4-6-11/h2-6,10,12-13,18H,7-9H2,1H3,(H,16,21)(H,19,20)/t10?,12?,13-/m0/s1. The summed E-state index contributed by atoms with van der Waals surface area (Å²) in [4.78, 5) is 25.1. The Labute approximate surface area is 123 Å². The van der Waals surface area contributed by atoms with E-state index in [1.54, 1.807) is 35.2 Å². The number of urea groups is 1. The monoisotopic (exact) mass is 292 g/mol. The average Bonchev–Trinajstić information content (AvgIpc) is 2.48. The van der Waals surface area contributed by atoms with E-state index in [1.165, 1.54) is 0 Å². The van der Waals surface area contributed by atoms with Gasteiger partial charge in [0.1, 0.15) is 0 Å². The van der Waals surface area contributed by atoms with E-state index in [1.807, 2.05) is 6.92 Å². The van der Waals surface area contributed by atoms with Gasteiger partial charge < -0.3 is 20.4 Å². The zero-order valence-electron chi connectivity index (χ0n) is 11.9. The Bertz CT molecular complexity index is 506. The summed E-state index contributed by atoms with van der Waals surface area (Å²) >= 11 is 0. The van der Waals surface area contributed by atoms with Crippen LogP contribution in [0.15, 0.2) is 30.3 Å². The Balaban J connectivity index is 2.04. The summed E-state index contributed by atoms with van der Waals surface area (Å²) < 4.78 is 0. The van der Waals surface area contributed by atoms with Crippen molar-refractivity contribution in [1.82, 2.24) is 10.2 Å². The Hall–Kier alpha value is -2.08. The number of nitrogens with zero attached hydrogens (tertiary/aromatic N) is 1. The number of carboxylic acids is 1. The second-order valence-electron chi connectivity index (χ2n) is 5.41. The normalized spacial score (nSPS) is 23.4. The van der Waals surface area contributed by atoms with Gasteiger partial charge in [-0.2, -0.15) is 0 Å². The number of amides is 2. The van der Waals surface area contributed by atoms with E-state index in [-0.39, 0.29) is 5.92 Å². The highest BCUT2D eigenvalue weighted by Gasteiger charge is 2.30. The largest absolute Gasteiger partial charge is 0.479 e. The number of benzene rings is 1. The Morgan fingerprint density at radius 2 is 2.00 bits per heavy atom. The van der Waals surface area contributed by atoms with Crippen LogP contribution in [0.3, 0.4) is 0 Å². The van der Waals surface area contributed by atoms with Crippen molar-refractivity contribution in [2.75, 3.05) is 13.1 Å². The fraction of sp³-hybridized carbons (Fsp3) is 0.467. The minimum Gasteiger partial charge on any atom is -0.479 e. The van der Waals surface area contributed by atoms with Gasteiger partial charge in [0.05, 0.1) is 6.10 Å². The molecule has 0 aliphatic carbocycles. The van der Waals surface area contributed by atoms with Crippen molar-refractivity contribution >= 4 is 12.0 Å². The zero-order chi connectivity index (χ0) is 15.4. The Morgan fingerprint density at radius 3 is 2.57 bits per heavy atom. The first-order chi connectivity index (χ1) is 9.99. The first kappa shape index (κ1) is 15.3. The van der Waals surface area contributed by atoms with Gasteiger partial charge in [-0.3, -0.25) is 0 Å². The maximum Gasteiger partial charge on any atom is 0.330 e. The highest BCUT2D eigenvalue weighted by Crippen LogP contribution is 2.18. The van der Waals surface area contributed by atoms with Crippen molar-refractivity contribution in [2.24, 2.45) is 5.92 Å². The number of aliphatic hydroxyl groups is 1. The SMILES string of the molecule is CC1CN(C(=O)N[C@H](C(=O)O)c2ccccc2)CCC1O. The number of hydrogen-bond donors (Lipinski definition) is 3. The quantitative estimate of drug-likeness (QED) is 0.781. The van der Waals surface area contributed by atoms with Crippen LogP contribution < -0.4 is 5.32 Å². The summed E-state index contributed by atoms with van der Waals surface area (Å²) in [5.74, 6) is -1.11. The highest BCUT2D eigenvalue weighted by molar-refractivity contribution is 5.83. The number of rotatable bonds is 3. The van der Waals surface area contributed by atoms with Crippen molar-refractivity contribution < 1.29 is 19.8 Å². The van der Waals surface area contributed by atoms with Crippen LogP contribution in [-0.2, 0) is 4.79 Å². The molecular formula is C15H20N2O4. The molecule has 1 aromatic rings. The molecule has 2 unspecified atom stereocenters. The fourth-order valence-corrected chi connectivity index (χ4v) is 2.47. The molecule has 2 amide bonds. The minimum absolute atomic E-state index is 0.00972. The van der Waals surface area contributed by atoms with Crippen LogP contribution in [0.4, 0.5) is 4.79 Å². The average molecular weight is 292 g/mol. The molecule has 1 saturated heterocycles. The minimum atomic E-state index is -1.10. The van der Waals surface area contributed by atoms with Gasteiger partial charge in [0.25, 0.3) is 0 Å². The van der Waals surface area contributed by atoms with E-state index in [4.69, 9.17) is 0 Å². The lowest BCUT2D eigenvalue weighted by molar-refractivity contribution is -0.139. The number of piperidine rings is 1. The molecule has 1 heterocycles. The van der Waals surface area contributed by atoms with Crippen LogP contribution in [0.1, 0.15) is 24.9 Å². The lowest BCUT2D eigenvalue weighted by atomic mass is 9.97. The molecule has 3 atom stereocenters. The Kier molecular flexibility index (Phi) is 4.80. The topological polar surface area (TPSA) is 89.9 Å². The van der Waals surface area contributed by atoms with Crippen LogP contribution in [0.25, 0.3) is 0 Å². The number of aliphatic hydroxyl groups excluding tert-OH is 1. The van der Waals surface area contributed by atoms with E-state index in [0.717, 1.165) is 0 Å². The molecule has 0 saturated carbocycles. The molecule has 0 radical (unpaired) electrons. The van der Waals surface area contributed by atoms with Crippen LogP contribution in [0.2, 0.25) is 0 Å². The van der Waals surface area contributed by atoms with Crippen LogP contribution in [0.5, 0.6) is 0 Å². The van der Waals surface area contributed by atoms with E-state index >= 15 is 0 Å². The summed E-state index contributed by atoms with van der Waals surface area (Å²) in [7, 11) is 0. The number of carbonyl (C=O) groups excluding carboxylic acids is 1. The van der Waals surface area contributed by atoms with Crippen LogP contribution in [0, 0.1) is 5.92 Å². The summed E-state index contributed by atoms with van der Waals surface area (Å²) in [6.07, 6.45) is 0.107. The van der Waals surface area contributed by atoms with Gasteiger partial charge in [-0.15, -0.1) is 0 Å². The van der Waals surface area contributed by atoms with Gasteiger partial charge >= 0.3 is 12.0 Å². The molecular weight excluding hydrogens is 272 g/mol. The van der Waals surface area contributed by atoms with Crippen LogP contribution in [-0.4, -0.2) is 46.3 Å². The van der Waals surface area contributed by atoms with Crippen molar-refractivity contribution in [3.05, 3.63) is 35.9 Å². The predicted molar refractivity (Wildman–Crippen MR) is 76.7 cm³/mol. The molecule has 1 aliphatic heterocycles. The Morgan fingerprint density at radius 1 is 1.33 bits per heavy atom.